The number of aliphatic hydroxyl groups is 1. The third-order valence-corrected chi connectivity index (χ3v) is 4.67. The molecule has 1 atom stereocenters. The van der Waals surface area contributed by atoms with Gasteiger partial charge in [0.25, 0.3) is 11.7 Å². The van der Waals surface area contributed by atoms with Gasteiger partial charge in [-0.3, -0.25) is 14.6 Å². The summed E-state index contributed by atoms with van der Waals surface area (Å²) in [6.45, 7) is 2.94. The van der Waals surface area contributed by atoms with Gasteiger partial charge in [0.2, 0.25) is 0 Å². The number of hydrogen-bond donors (Lipinski definition) is 1. The molecule has 0 unspecified atom stereocenters. The molecule has 0 radical (unpaired) electrons. The summed E-state index contributed by atoms with van der Waals surface area (Å²) in [6.07, 6.45) is 3.24. The second-order valence-corrected chi connectivity index (χ2v) is 6.94. The van der Waals surface area contributed by atoms with Gasteiger partial charge in [-0.05, 0) is 38.7 Å². The molecule has 2 aromatic rings. The van der Waals surface area contributed by atoms with Crippen LogP contribution < -0.4 is 0 Å². The number of aromatic nitrogens is 1. The quantitative estimate of drug-likeness (QED) is 0.500. The summed E-state index contributed by atoms with van der Waals surface area (Å²) in [6, 6.07) is 10.1. The van der Waals surface area contributed by atoms with Crippen LogP contribution in [0.15, 0.2) is 54.4 Å². The van der Waals surface area contributed by atoms with Crippen LogP contribution in [-0.2, 0) is 9.59 Å². The highest BCUT2D eigenvalue weighted by Crippen LogP contribution is 2.38. The number of amides is 1. The largest absolute Gasteiger partial charge is 0.507 e. The van der Waals surface area contributed by atoms with Crippen molar-refractivity contribution in [1.82, 2.24) is 14.8 Å². The van der Waals surface area contributed by atoms with Gasteiger partial charge in [-0.15, -0.1) is 0 Å². The van der Waals surface area contributed by atoms with Gasteiger partial charge in [0, 0.05) is 31.0 Å². The Bertz CT molecular complexity index is 873. The van der Waals surface area contributed by atoms with Gasteiger partial charge in [-0.25, -0.2) is 0 Å². The molecule has 27 heavy (non-hydrogen) atoms. The zero-order valence-electron chi connectivity index (χ0n) is 15.7. The number of likely N-dealkylation sites (N-methyl/N-ethyl adjacent to an activating group) is 1. The fourth-order valence-corrected chi connectivity index (χ4v) is 3.18. The van der Waals surface area contributed by atoms with Crippen LogP contribution in [0.3, 0.4) is 0 Å². The fourth-order valence-electron chi connectivity index (χ4n) is 3.18. The predicted molar refractivity (Wildman–Crippen MR) is 103 cm³/mol. The smallest absolute Gasteiger partial charge is 0.295 e. The van der Waals surface area contributed by atoms with Crippen molar-refractivity contribution in [3.63, 3.8) is 0 Å². The Morgan fingerprint density at radius 3 is 2.33 bits per heavy atom. The molecule has 1 aromatic heterocycles. The summed E-state index contributed by atoms with van der Waals surface area (Å²) in [5.74, 6) is -1.40. The summed E-state index contributed by atoms with van der Waals surface area (Å²) < 4.78 is 0. The maximum absolute atomic E-state index is 12.8. The number of likely N-dealkylation sites (tertiary alicyclic amines) is 1. The van der Waals surface area contributed by atoms with Crippen molar-refractivity contribution in [2.75, 3.05) is 27.2 Å². The third kappa shape index (κ3) is 3.75. The van der Waals surface area contributed by atoms with E-state index in [4.69, 9.17) is 0 Å². The molecule has 1 saturated heterocycles. The summed E-state index contributed by atoms with van der Waals surface area (Å²) in [5.41, 5.74) is 2.43. The molecule has 1 aliphatic rings. The first-order chi connectivity index (χ1) is 12.9. The van der Waals surface area contributed by atoms with Crippen molar-refractivity contribution >= 4 is 17.4 Å². The molecule has 6 heteroatoms. The molecule has 1 aromatic carbocycles. The van der Waals surface area contributed by atoms with Crippen LogP contribution in [0.5, 0.6) is 0 Å². The molecule has 1 amide bonds. The number of Topliss-reactive ketones (excluding diaryl/α,β-unsaturated/α-hetero) is 1. The Morgan fingerprint density at radius 1 is 1.11 bits per heavy atom. The highest BCUT2D eigenvalue weighted by atomic mass is 16.3. The molecule has 1 fully saturated rings. The fraction of sp³-hybridized carbons (Fsp3) is 0.286. The second kappa shape index (κ2) is 7.72. The Balaban J connectivity index is 2.12. The normalized spacial score (nSPS) is 19.1. The number of nitrogens with zero attached hydrogens (tertiary/aromatic N) is 3. The number of hydrogen-bond acceptors (Lipinski definition) is 5. The summed E-state index contributed by atoms with van der Waals surface area (Å²) in [7, 11) is 3.81. The first kappa shape index (κ1) is 18.8. The van der Waals surface area contributed by atoms with Crippen LogP contribution in [0.2, 0.25) is 0 Å². The van der Waals surface area contributed by atoms with E-state index in [9.17, 15) is 14.7 Å². The van der Waals surface area contributed by atoms with Gasteiger partial charge < -0.3 is 14.9 Å². The lowest BCUT2D eigenvalue weighted by molar-refractivity contribution is -0.140. The minimum atomic E-state index is -0.659. The average molecular weight is 365 g/mol. The van der Waals surface area contributed by atoms with Crippen molar-refractivity contribution in [2.24, 2.45) is 0 Å². The van der Waals surface area contributed by atoms with Crippen LogP contribution in [0.4, 0.5) is 0 Å². The standard InChI is InChI=1S/C21H23N3O3/c1-14-4-6-16(7-5-14)19(25)17-18(15-8-10-22-11-9-15)24(13-12-23(2)3)21(27)20(17)26/h4-11,18,25H,12-13H2,1-3H3/b19-17+/t18-/m0/s1. The number of ketones is 1. The summed E-state index contributed by atoms with van der Waals surface area (Å²) in [4.78, 5) is 33.0. The van der Waals surface area contributed by atoms with Crippen molar-refractivity contribution < 1.29 is 14.7 Å². The van der Waals surface area contributed by atoms with Gasteiger partial charge in [0.15, 0.2) is 0 Å². The highest BCUT2D eigenvalue weighted by molar-refractivity contribution is 6.46. The monoisotopic (exact) mass is 365 g/mol. The van der Waals surface area contributed by atoms with E-state index in [0.29, 0.717) is 18.7 Å². The van der Waals surface area contributed by atoms with Crippen molar-refractivity contribution in [3.8, 4) is 0 Å². The maximum atomic E-state index is 12.8. The number of aryl methyl sites for hydroxylation is 1. The Morgan fingerprint density at radius 2 is 1.74 bits per heavy atom. The van der Waals surface area contributed by atoms with E-state index in [2.05, 4.69) is 4.98 Å². The molecule has 3 rings (SSSR count). The molecular weight excluding hydrogens is 342 g/mol. The molecule has 6 nitrogen and oxygen atoms in total. The van der Waals surface area contributed by atoms with E-state index >= 15 is 0 Å². The molecule has 1 aliphatic heterocycles. The number of pyridine rings is 1. The zero-order valence-corrected chi connectivity index (χ0v) is 15.7. The minimum Gasteiger partial charge on any atom is -0.507 e. The van der Waals surface area contributed by atoms with Crippen LogP contribution >= 0.6 is 0 Å². The van der Waals surface area contributed by atoms with Gasteiger partial charge in [0.1, 0.15) is 5.76 Å². The first-order valence-corrected chi connectivity index (χ1v) is 8.80. The second-order valence-electron chi connectivity index (χ2n) is 6.94. The molecule has 0 saturated carbocycles. The predicted octanol–water partition coefficient (Wildman–Crippen LogP) is 2.37. The van der Waals surface area contributed by atoms with Gasteiger partial charge in [0.05, 0.1) is 11.6 Å². The molecule has 0 aliphatic carbocycles. The van der Waals surface area contributed by atoms with E-state index in [1.165, 1.54) is 4.90 Å². The van der Waals surface area contributed by atoms with Crippen molar-refractivity contribution in [3.05, 3.63) is 71.1 Å². The minimum absolute atomic E-state index is 0.119. The number of benzene rings is 1. The van der Waals surface area contributed by atoms with Crippen LogP contribution in [0.25, 0.3) is 5.76 Å². The molecule has 2 heterocycles. The lowest BCUT2D eigenvalue weighted by Crippen LogP contribution is -2.35. The lowest BCUT2D eigenvalue weighted by atomic mass is 9.95. The maximum Gasteiger partial charge on any atom is 0.295 e. The number of rotatable bonds is 5. The Hall–Kier alpha value is -2.99. The highest BCUT2D eigenvalue weighted by Gasteiger charge is 2.45. The lowest BCUT2D eigenvalue weighted by Gasteiger charge is -2.26. The van der Waals surface area contributed by atoms with Gasteiger partial charge >= 0.3 is 0 Å². The van der Waals surface area contributed by atoms with Crippen LogP contribution in [0, 0.1) is 6.92 Å². The molecule has 0 spiro atoms. The van der Waals surface area contributed by atoms with Gasteiger partial charge in [-0.1, -0.05) is 29.8 Å². The number of carbonyl (C=O) groups is 2. The number of carbonyl (C=O) groups excluding carboxylic acids is 2. The molecular formula is C21H23N3O3. The first-order valence-electron chi connectivity index (χ1n) is 8.80. The average Bonchev–Trinajstić information content (AvgIpc) is 2.91. The third-order valence-electron chi connectivity index (χ3n) is 4.67. The molecule has 1 N–H and O–H groups in total. The van der Waals surface area contributed by atoms with Gasteiger partial charge in [-0.2, -0.15) is 0 Å². The van der Waals surface area contributed by atoms with E-state index in [1.54, 1.807) is 36.7 Å². The Kier molecular flexibility index (Phi) is 5.37. The van der Waals surface area contributed by atoms with E-state index in [1.807, 2.05) is 38.1 Å². The zero-order chi connectivity index (χ0) is 19.6. The van der Waals surface area contributed by atoms with Crippen LogP contribution in [0.1, 0.15) is 22.7 Å². The summed E-state index contributed by atoms with van der Waals surface area (Å²) >= 11 is 0. The van der Waals surface area contributed by atoms with E-state index in [-0.39, 0.29) is 11.3 Å². The Labute approximate surface area is 158 Å². The summed E-state index contributed by atoms with van der Waals surface area (Å²) in [5, 5.41) is 10.9. The number of aliphatic hydroxyl groups excluding tert-OH is 1. The van der Waals surface area contributed by atoms with E-state index in [0.717, 1.165) is 11.1 Å². The topological polar surface area (TPSA) is 73.7 Å². The van der Waals surface area contributed by atoms with Crippen molar-refractivity contribution in [2.45, 2.75) is 13.0 Å². The van der Waals surface area contributed by atoms with Crippen LogP contribution in [-0.4, -0.2) is 58.8 Å². The molecule has 140 valence electrons. The SMILES string of the molecule is Cc1ccc(/C(O)=C2\C(=O)C(=O)N(CCN(C)C)[C@H]2c2ccncc2)cc1. The van der Waals surface area contributed by atoms with E-state index < -0.39 is 17.7 Å². The van der Waals surface area contributed by atoms with Crippen molar-refractivity contribution in [1.29, 1.82) is 0 Å². The molecule has 0 bridgehead atoms.